The number of hydrogen-bond donors (Lipinski definition) is 0. The van der Waals surface area contributed by atoms with Crippen LogP contribution in [0.1, 0.15) is 25.3 Å². The number of benzene rings is 1. The third-order valence-corrected chi connectivity index (χ3v) is 2.34. The van der Waals surface area contributed by atoms with Crippen LogP contribution in [0.3, 0.4) is 0 Å². The summed E-state index contributed by atoms with van der Waals surface area (Å²) in [6, 6.07) is 10.6. The Kier molecular flexibility index (Phi) is 1.99. The maximum absolute atomic E-state index is 2.40. The van der Waals surface area contributed by atoms with E-state index in [1.807, 2.05) is 0 Å². The molecule has 0 bridgehead atoms. The lowest BCUT2D eigenvalue weighted by Gasteiger charge is -1.99. The molecular formula is C12H14. The van der Waals surface area contributed by atoms with Crippen molar-refractivity contribution in [3.63, 3.8) is 0 Å². The first kappa shape index (κ1) is 7.60. The van der Waals surface area contributed by atoms with E-state index in [0.29, 0.717) is 0 Å². The van der Waals surface area contributed by atoms with Gasteiger partial charge in [-0.25, -0.2) is 0 Å². The van der Waals surface area contributed by atoms with E-state index in [1.165, 1.54) is 24.0 Å². The molecule has 2 rings (SSSR count). The molecule has 1 aliphatic carbocycles. The van der Waals surface area contributed by atoms with Gasteiger partial charge < -0.3 is 0 Å². The predicted molar refractivity (Wildman–Crippen MR) is 52.8 cm³/mol. The van der Waals surface area contributed by atoms with Crippen LogP contribution in [0.5, 0.6) is 0 Å². The summed E-state index contributed by atoms with van der Waals surface area (Å²) in [5.41, 5.74) is 2.79. The lowest BCUT2D eigenvalue weighted by atomic mass is 10.1. The summed E-state index contributed by atoms with van der Waals surface area (Å²) in [7, 11) is 0. The van der Waals surface area contributed by atoms with Crippen LogP contribution in [0.4, 0.5) is 0 Å². The molecule has 0 saturated heterocycles. The lowest BCUT2D eigenvalue weighted by Crippen LogP contribution is -1.78. The van der Waals surface area contributed by atoms with Gasteiger partial charge in [0.15, 0.2) is 0 Å². The second-order valence-electron chi connectivity index (χ2n) is 3.55. The van der Waals surface area contributed by atoms with Crippen molar-refractivity contribution in [2.75, 3.05) is 0 Å². The standard InChI is InChI=1S/C12H14/c1-10(9-11-7-8-11)12-5-3-2-4-6-12/h2-6,9,11H,7-8H2,1H3/b10-9-. The summed E-state index contributed by atoms with van der Waals surface area (Å²) in [6.45, 7) is 2.20. The van der Waals surface area contributed by atoms with Crippen LogP contribution >= 0.6 is 0 Å². The van der Waals surface area contributed by atoms with Crippen molar-refractivity contribution in [2.45, 2.75) is 19.8 Å². The highest BCUT2D eigenvalue weighted by atomic mass is 14.2. The van der Waals surface area contributed by atoms with Crippen molar-refractivity contribution in [1.82, 2.24) is 0 Å². The molecular weight excluding hydrogens is 144 g/mol. The van der Waals surface area contributed by atoms with E-state index in [0.717, 1.165) is 5.92 Å². The zero-order valence-electron chi connectivity index (χ0n) is 7.46. The third kappa shape index (κ3) is 1.76. The Labute approximate surface area is 73.9 Å². The maximum atomic E-state index is 2.40. The van der Waals surface area contributed by atoms with Crippen LogP contribution < -0.4 is 0 Å². The minimum absolute atomic E-state index is 0.880. The SMILES string of the molecule is C/C(=C/C1CC1)c1ccccc1. The summed E-state index contributed by atoms with van der Waals surface area (Å²) < 4.78 is 0. The van der Waals surface area contributed by atoms with Gasteiger partial charge in [-0.05, 0) is 36.8 Å². The van der Waals surface area contributed by atoms with Crippen molar-refractivity contribution in [2.24, 2.45) is 5.92 Å². The van der Waals surface area contributed by atoms with E-state index in [-0.39, 0.29) is 0 Å². The van der Waals surface area contributed by atoms with Crippen LogP contribution in [0.15, 0.2) is 36.4 Å². The Hall–Kier alpha value is -1.04. The molecule has 0 amide bonds. The van der Waals surface area contributed by atoms with Gasteiger partial charge in [0.25, 0.3) is 0 Å². The fourth-order valence-electron chi connectivity index (χ4n) is 1.41. The molecule has 1 aromatic rings. The van der Waals surface area contributed by atoms with Crippen molar-refractivity contribution in [1.29, 1.82) is 0 Å². The van der Waals surface area contributed by atoms with E-state index >= 15 is 0 Å². The highest BCUT2D eigenvalue weighted by molar-refractivity contribution is 5.63. The Balaban J connectivity index is 2.18. The van der Waals surface area contributed by atoms with Crippen molar-refractivity contribution in [3.8, 4) is 0 Å². The van der Waals surface area contributed by atoms with Gasteiger partial charge in [0, 0.05) is 0 Å². The van der Waals surface area contributed by atoms with E-state index in [2.05, 4.69) is 43.3 Å². The summed E-state index contributed by atoms with van der Waals surface area (Å²) in [4.78, 5) is 0. The first-order valence-corrected chi connectivity index (χ1v) is 4.60. The summed E-state index contributed by atoms with van der Waals surface area (Å²) >= 11 is 0. The zero-order valence-corrected chi connectivity index (χ0v) is 7.46. The monoisotopic (exact) mass is 158 g/mol. The van der Waals surface area contributed by atoms with Gasteiger partial charge in [-0.2, -0.15) is 0 Å². The fraction of sp³-hybridized carbons (Fsp3) is 0.333. The first-order chi connectivity index (χ1) is 5.86. The number of allylic oxidation sites excluding steroid dienone is 2. The van der Waals surface area contributed by atoms with Gasteiger partial charge in [-0.1, -0.05) is 36.4 Å². The van der Waals surface area contributed by atoms with Crippen LogP contribution in [-0.4, -0.2) is 0 Å². The van der Waals surface area contributed by atoms with Gasteiger partial charge in [-0.15, -0.1) is 0 Å². The molecule has 12 heavy (non-hydrogen) atoms. The van der Waals surface area contributed by atoms with Gasteiger partial charge >= 0.3 is 0 Å². The van der Waals surface area contributed by atoms with Gasteiger partial charge in [-0.3, -0.25) is 0 Å². The van der Waals surface area contributed by atoms with Gasteiger partial charge in [0.05, 0.1) is 0 Å². The zero-order chi connectivity index (χ0) is 8.39. The lowest BCUT2D eigenvalue weighted by molar-refractivity contribution is 1.12. The molecule has 0 aliphatic heterocycles. The Bertz CT molecular complexity index is 278. The van der Waals surface area contributed by atoms with E-state index in [1.54, 1.807) is 0 Å². The molecule has 62 valence electrons. The summed E-state index contributed by atoms with van der Waals surface area (Å²) in [5.74, 6) is 0.880. The molecule has 0 unspecified atom stereocenters. The number of hydrogen-bond acceptors (Lipinski definition) is 0. The van der Waals surface area contributed by atoms with Crippen LogP contribution in [-0.2, 0) is 0 Å². The Morgan fingerprint density at radius 3 is 2.50 bits per heavy atom. The molecule has 0 heteroatoms. The van der Waals surface area contributed by atoms with Crippen molar-refractivity contribution in [3.05, 3.63) is 42.0 Å². The van der Waals surface area contributed by atoms with Crippen LogP contribution in [0, 0.1) is 5.92 Å². The second-order valence-corrected chi connectivity index (χ2v) is 3.55. The van der Waals surface area contributed by atoms with Gasteiger partial charge in [0.1, 0.15) is 0 Å². The third-order valence-electron chi connectivity index (χ3n) is 2.34. The largest absolute Gasteiger partial charge is 0.0779 e. The Morgan fingerprint density at radius 2 is 1.92 bits per heavy atom. The minimum atomic E-state index is 0.880. The molecule has 1 saturated carbocycles. The van der Waals surface area contributed by atoms with Crippen molar-refractivity contribution >= 4 is 5.57 Å². The average molecular weight is 158 g/mol. The summed E-state index contributed by atoms with van der Waals surface area (Å²) in [6.07, 6.45) is 5.18. The van der Waals surface area contributed by atoms with Gasteiger partial charge in [0.2, 0.25) is 0 Å². The molecule has 0 nitrogen and oxygen atoms in total. The molecule has 1 fully saturated rings. The average Bonchev–Trinajstić information content (AvgIpc) is 2.90. The molecule has 0 heterocycles. The quantitative estimate of drug-likeness (QED) is 0.618. The van der Waals surface area contributed by atoms with E-state index in [4.69, 9.17) is 0 Å². The molecule has 0 N–H and O–H groups in total. The molecule has 0 radical (unpaired) electrons. The maximum Gasteiger partial charge on any atom is -0.0227 e. The predicted octanol–water partition coefficient (Wildman–Crippen LogP) is 3.50. The molecule has 1 aliphatic rings. The molecule has 0 spiro atoms. The summed E-state index contributed by atoms with van der Waals surface area (Å²) in [5, 5.41) is 0. The fourth-order valence-corrected chi connectivity index (χ4v) is 1.41. The van der Waals surface area contributed by atoms with Crippen molar-refractivity contribution < 1.29 is 0 Å². The molecule has 0 aromatic heterocycles. The smallest absolute Gasteiger partial charge is 0.0227 e. The highest BCUT2D eigenvalue weighted by Crippen LogP contribution is 2.33. The van der Waals surface area contributed by atoms with Crippen LogP contribution in [0.2, 0.25) is 0 Å². The van der Waals surface area contributed by atoms with E-state index < -0.39 is 0 Å². The Morgan fingerprint density at radius 1 is 1.25 bits per heavy atom. The van der Waals surface area contributed by atoms with Crippen LogP contribution in [0.25, 0.3) is 5.57 Å². The topological polar surface area (TPSA) is 0 Å². The second kappa shape index (κ2) is 3.14. The number of rotatable bonds is 2. The normalized spacial score (nSPS) is 17.9. The first-order valence-electron chi connectivity index (χ1n) is 4.60. The molecule has 1 aromatic carbocycles. The minimum Gasteiger partial charge on any atom is -0.0779 e. The van der Waals surface area contributed by atoms with E-state index in [9.17, 15) is 0 Å². The highest BCUT2D eigenvalue weighted by Gasteiger charge is 2.18. The molecule has 0 atom stereocenters.